The summed E-state index contributed by atoms with van der Waals surface area (Å²) in [6, 6.07) is 13.7. The van der Waals surface area contributed by atoms with Gasteiger partial charge in [-0.3, -0.25) is 10.1 Å². The lowest BCUT2D eigenvalue weighted by atomic mass is 10.2. The van der Waals surface area contributed by atoms with E-state index in [1.807, 2.05) is 18.2 Å². The van der Waals surface area contributed by atoms with Crippen molar-refractivity contribution >= 4 is 39.8 Å². The molecule has 0 saturated carbocycles. The average Bonchev–Trinajstić information content (AvgIpc) is 3.08. The molecule has 3 rings (SSSR count). The Bertz CT molecular complexity index is 1020. The fraction of sp³-hybridized carbons (Fsp3) is 0.150. The van der Waals surface area contributed by atoms with Crippen LogP contribution in [0.5, 0.6) is 11.5 Å². The molecule has 1 heterocycles. The van der Waals surface area contributed by atoms with E-state index in [1.54, 1.807) is 44.4 Å². The van der Waals surface area contributed by atoms with Gasteiger partial charge in [0, 0.05) is 17.4 Å². The fourth-order valence-electron chi connectivity index (χ4n) is 2.54. The molecule has 0 aliphatic heterocycles. The van der Waals surface area contributed by atoms with Crippen LogP contribution >= 0.6 is 11.3 Å². The Balaban J connectivity index is 1.68. The summed E-state index contributed by atoms with van der Waals surface area (Å²) < 4.78 is 10.4. The average molecular weight is 412 g/mol. The van der Waals surface area contributed by atoms with Crippen molar-refractivity contribution in [2.75, 3.05) is 30.2 Å². The standard InChI is InChI=1S/C20H20N4O4S/c1-12-17(18(25)22-14-9-10-15(27-2)16(11-14)28-3)29-20(21-12)24-19(26)23-13-7-5-4-6-8-13/h4-11H,1-3H3,(H,22,25)(H2,21,23,24,26). The number of benzene rings is 2. The van der Waals surface area contributed by atoms with E-state index in [9.17, 15) is 9.59 Å². The van der Waals surface area contributed by atoms with E-state index in [2.05, 4.69) is 20.9 Å². The van der Waals surface area contributed by atoms with Crippen LogP contribution in [0.3, 0.4) is 0 Å². The minimum Gasteiger partial charge on any atom is -0.493 e. The lowest BCUT2D eigenvalue weighted by Gasteiger charge is -2.10. The Hall–Kier alpha value is -3.59. The van der Waals surface area contributed by atoms with Gasteiger partial charge >= 0.3 is 6.03 Å². The molecule has 0 atom stereocenters. The molecule has 0 spiro atoms. The van der Waals surface area contributed by atoms with Crippen molar-refractivity contribution in [1.29, 1.82) is 0 Å². The van der Waals surface area contributed by atoms with Crippen molar-refractivity contribution < 1.29 is 19.1 Å². The number of aromatic nitrogens is 1. The number of thiazole rings is 1. The van der Waals surface area contributed by atoms with Gasteiger partial charge in [-0.05, 0) is 31.2 Å². The van der Waals surface area contributed by atoms with E-state index >= 15 is 0 Å². The second kappa shape index (κ2) is 9.07. The molecule has 0 aliphatic carbocycles. The zero-order valence-corrected chi connectivity index (χ0v) is 16.9. The van der Waals surface area contributed by atoms with Crippen molar-refractivity contribution in [3.8, 4) is 11.5 Å². The molecule has 3 N–H and O–H groups in total. The molecular formula is C20H20N4O4S. The molecule has 0 saturated heterocycles. The van der Waals surface area contributed by atoms with Gasteiger partial charge in [0.1, 0.15) is 4.88 Å². The van der Waals surface area contributed by atoms with Crippen LogP contribution in [0.15, 0.2) is 48.5 Å². The summed E-state index contributed by atoms with van der Waals surface area (Å²) in [6.07, 6.45) is 0. The number of anilines is 3. The van der Waals surface area contributed by atoms with Gasteiger partial charge in [0.2, 0.25) is 0 Å². The molecule has 2 aromatic carbocycles. The van der Waals surface area contributed by atoms with Gasteiger partial charge in [-0.15, -0.1) is 0 Å². The maximum absolute atomic E-state index is 12.6. The van der Waals surface area contributed by atoms with Crippen molar-refractivity contribution in [2.45, 2.75) is 6.92 Å². The van der Waals surface area contributed by atoms with Gasteiger partial charge in [-0.25, -0.2) is 9.78 Å². The van der Waals surface area contributed by atoms with Gasteiger partial charge in [-0.1, -0.05) is 29.5 Å². The number of nitrogens with zero attached hydrogens (tertiary/aromatic N) is 1. The normalized spacial score (nSPS) is 10.2. The molecular weight excluding hydrogens is 392 g/mol. The maximum Gasteiger partial charge on any atom is 0.325 e. The van der Waals surface area contributed by atoms with Crippen LogP contribution < -0.4 is 25.4 Å². The monoisotopic (exact) mass is 412 g/mol. The highest BCUT2D eigenvalue weighted by atomic mass is 32.1. The van der Waals surface area contributed by atoms with Crippen LogP contribution in [0.4, 0.5) is 21.3 Å². The fourth-order valence-corrected chi connectivity index (χ4v) is 3.40. The first kappa shape index (κ1) is 20.2. The highest BCUT2D eigenvalue weighted by Gasteiger charge is 2.17. The smallest absolute Gasteiger partial charge is 0.325 e. The Kier molecular flexibility index (Phi) is 6.30. The second-order valence-corrected chi connectivity index (χ2v) is 6.90. The third-order valence-electron chi connectivity index (χ3n) is 3.90. The summed E-state index contributed by atoms with van der Waals surface area (Å²) in [5.41, 5.74) is 1.73. The Morgan fingerprint density at radius 2 is 1.62 bits per heavy atom. The number of rotatable bonds is 6. The summed E-state index contributed by atoms with van der Waals surface area (Å²) in [6.45, 7) is 1.71. The molecule has 0 bridgehead atoms. The number of aryl methyl sites for hydroxylation is 1. The quantitative estimate of drug-likeness (QED) is 0.558. The molecule has 9 heteroatoms. The van der Waals surface area contributed by atoms with Crippen LogP contribution in [-0.2, 0) is 0 Å². The molecule has 0 aliphatic rings. The molecule has 150 valence electrons. The first-order chi connectivity index (χ1) is 14.0. The highest BCUT2D eigenvalue weighted by molar-refractivity contribution is 7.17. The number of carbonyl (C=O) groups is 2. The van der Waals surface area contributed by atoms with E-state index in [1.165, 1.54) is 7.11 Å². The van der Waals surface area contributed by atoms with E-state index in [0.29, 0.717) is 38.6 Å². The van der Waals surface area contributed by atoms with Gasteiger partial charge in [0.25, 0.3) is 5.91 Å². The number of urea groups is 1. The van der Waals surface area contributed by atoms with E-state index in [0.717, 1.165) is 11.3 Å². The Morgan fingerprint density at radius 3 is 2.31 bits per heavy atom. The number of carbonyl (C=O) groups excluding carboxylic acids is 2. The molecule has 3 aromatic rings. The van der Waals surface area contributed by atoms with Crippen molar-refractivity contribution in [3.05, 3.63) is 59.1 Å². The number of hydrogen-bond acceptors (Lipinski definition) is 6. The lowest BCUT2D eigenvalue weighted by molar-refractivity contribution is 0.102. The zero-order chi connectivity index (χ0) is 20.8. The number of methoxy groups -OCH3 is 2. The summed E-state index contributed by atoms with van der Waals surface area (Å²) in [5, 5.41) is 8.47. The molecule has 0 unspecified atom stereocenters. The van der Waals surface area contributed by atoms with Crippen molar-refractivity contribution in [3.63, 3.8) is 0 Å². The number of nitrogens with one attached hydrogen (secondary N) is 3. The van der Waals surface area contributed by atoms with Gasteiger partial charge in [0.05, 0.1) is 19.9 Å². The number of amides is 3. The lowest BCUT2D eigenvalue weighted by Crippen LogP contribution is -2.19. The first-order valence-corrected chi connectivity index (χ1v) is 9.45. The van der Waals surface area contributed by atoms with Crippen molar-refractivity contribution in [1.82, 2.24) is 4.98 Å². The van der Waals surface area contributed by atoms with Crippen LogP contribution in [0, 0.1) is 6.92 Å². The largest absolute Gasteiger partial charge is 0.493 e. The number of ether oxygens (including phenoxy) is 2. The Morgan fingerprint density at radius 1 is 0.897 bits per heavy atom. The topological polar surface area (TPSA) is 102 Å². The minimum atomic E-state index is -0.434. The molecule has 1 aromatic heterocycles. The predicted octanol–water partition coefficient (Wildman–Crippen LogP) is 4.37. The Labute approximate surface area is 171 Å². The van der Waals surface area contributed by atoms with Crippen LogP contribution in [0.25, 0.3) is 0 Å². The summed E-state index contributed by atoms with van der Waals surface area (Å²) in [4.78, 5) is 29.4. The van der Waals surface area contributed by atoms with E-state index in [-0.39, 0.29) is 5.91 Å². The summed E-state index contributed by atoms with van der Waals surface area (Å²) in [7, 11) is 3.06. The van der Waals surface area contributed by atoms with Crippen molar-refractivity contribution in [2.24, 2.45) is 0 Å². The maximum atomic E-state index is 12.6. The number of hydrogen-bond donors (Lipinski definition) is 3. The zero-order valence-electron chi connectivity index (χ0n) is 16.1. The highest BCUT2D eigenvalue weighted by Crippen LogP contribution is 2.30. The van der Waals surface area contributed by atoms with Crippen LogP contribution in [-0.4, -0.2) is 31.1 Å². The molecule has 29 heavy (non-hydrogen) atoms. The second-order valence-electron chi connectivity index (χ2n) is 5.90. The van der Waals surface area contributed by atoms with Crippen LogP contribution in [0.2, 0.25) is 0 Å². The number of para-hydroxylation sites is 1. The predicted molar refractivity (Wildman–Crippen MR) is 113 cm³/mol. The SMILES string of the molecule is COc1ccc(NC(=O)c2sc(NC(=O)Nc3ccccc3)nc2C)cc1OC. The molecule has 0 fully saturated rings. The van der Waals surface area contributed by atoms with Gasteiger partial charge in [-0.2, -0.15) is 0 Å². The third-order valence-corrected chi connectivity index (χ3v) is 4.97. The molecule has 3 amide bonds. The molecule has 0 radical (unpaired) electrons. The van der Waals surface area contributed by atoms with Gasteiger partial charge in [0.15, 0.2) is 16.6 Å². The minimum absolute atomic E-state index is 0.327. The van der Waals surface area contributed by atoms with E-state index < -0.39 is 6.03 Å². The first-order valence-electron chi connectivity index (χ1n) is 8.64. The van der Waals surface area contributed by atoms with Gasteiger partial charge < -0.3 is 20.1 Å². The third kappa shape index (κ3) is 5.02. The molecule has 8 nitrogen and oxygen atoms in total. The summed E-state index contributed by atoms with van der Waals surface area (Å²) >= 11 is 1.09. The summed E-state index contributed by atoms with van der Waals surface area (Å²) in [5.74, 6) is 0.741. The van der Waals surface area contributed by atoms with Crippen LogP contribution in [0.1, 0.15) is 15.4 Å². The van der Waals surface area contributed by atoms with E-state index in [4.69, 9.17) is 9.47 Å².